The lowest BCUT2D eigenvalue weighted by molar-refractivity contribution is -0.121. The highest BCUT2D eigenvalue weighted by atomic mass is 16.6. The largest absolute Gasteiger partial charge is 0.486 e. The molecule has 1 fully saturated rings. The molecule has 142 valence electrons. The Kier molecular flexibility index (Phi) is 5.82. The molecule has 0 unspecified atom stereocenters. The van der Waals surface area contributed by atoms with Crippen LogP contribution in [0.25, 0.3) is 0 Å². The predicted octanol–water partition coefficient (Wildman–Crippen LogP) is 1.56. The van der Waals surface area contributed by atoms with Crippen molar-refractivity contribution < 1.29 is 23.8 Å². The fraction of sp³-hybridized carbons (Fsp3) is 0.556. The lowest BCUT2D eigenvalue weighted by Gasteiger charge is -2.36. The summed E-state index contributed by atoms with van der Waals surface area (Å²) in [4.78, 5) is 28.0. The topological polar surface area (TPSA) is 80.3 Å². The number of benzene rings is 1. The molecule has 3 rings (SSSR count). The van der Waals surface area contributed by atoms with Gasteiger partial charge in [-0.15, -0.1) is 0 Å². The van der Waals surface area contributed by atoms with Crippen LogP contribution in [-0.4, -0.2) is 73.8 Å². The van der Waals surface area contributed by atoms with E-state index in [0.29, 0.717) is 63.2 Å². The fourth-order valence-corrected chi connectivity index (χ4v) is 3.04. The summed E-state index contributed by atoms with van der Waals surface area (Å²) < 4.78 is 16.0. The highest BCUT2D eigenvalue weighted by molar-refractivity contribution is 5.94. The van der Waals surface area contributed by atoms with Crippen LogP contribution in [0.5, 0.6) is 11.5 Å². The minimum Gasteiger partial charge on any atom is -0.486 e. The fourth-order valence-electron chi connectivity index (χ4n) is 3.04. The number of amides is 2. The molecule has 1 N–H and O–H groups in total. The summed E-state index contributed by atoms with van der Waals surface area (Å²) in [5.41, 5.74) is 0.677. The third kappa shape index (κ3) is 4.19. The lowest BCUT2D eigenvalue weighted by Crippen LogP contribution is -2.54. The van der Waals surface area contributed by atoms with Crippen LogP contribution in [0.3, 0.4) is 0 Å². The molecule has 0 radical (unpaired) electrons. The third-order valence-corrected chi connectivity index (χ3v) is 4.58. The van der Waals surface area contributed by atoms with Gasteiger partial charge in [-0.2, -0.15) is 0 Å². The zero-order valence-electron chi connectivity index (χ0n) is 15.2. The molecule has 2 amide bonds. The van der Waals surface area contributed by atoms with Gasteiger partial charge in [-0.25, -0.2) is 4.79 Å². The Morgan fingerprint density at radius 2 is 1.85 bits per heavy atom. The van der Waals surface area contributed by atoms with Crippen molar-refractivity contribution in [2.24, 2.45) is 0 Å². The number of piperazine rings is 1. The molecule has 1 aromatic rings. The Balaban J connectivity index is 1.53. The molecular weight excluding hydrogens is 338 g/mol. The minimum absolute atomic E-state index is 0.0914. The normalized spacial score (nSPS) is 18.2. The van der Waals surface area contributed by atoms with Crippen molar-refractivity contribution in [3.8, 4) is 11.5 Å². The van der Waals surface area contributed by atoms with E-state index in [-0.39, 0.29) is 18.0 Å². The Hall–Kier alpha value is -2.48. The van der Waals surface area contributed by atoms with Gasteiger partial charge in [-0.3, -0.25) is 9.69 Å². The van der Waals surface area contributed by atoms with Gasteiger partial charge in [0.05, 0.1) is 12.6 Å². The first kappa shape index (κ1) is 18.3. The van der Waals surface area contributed by atoms with Crippen LogP contribution >= 0.6 is 0 Å². The molecule has 2 heterocycles. The summed E-state index contributed by atoms with van der Waals surface area (Å²) in [5.74, 6) is 1.24. The molecule has 1 saturated heterocycles. The molecule has 0 saturated carbocycles. The summed E-state index contributed by atoms with van der Waals surface area (Å²) in [6.07, 6.45) is -0.291. The number of ether oxygens (including phenoxy) is 3. The molecule has 0 aromatic heterocycles. The first-order chi connectivity index (χ1) is 12.6. The van der Waals surface area contributed by atoms with Gasteiger partial charge in [0, 0.05) is 37.9 Å². The summed E-state index contributed by atoms with van der Waals surface area (Å²) in [6, 6.07) is 5.08. The first-order valence-corrected chi connectivity index (χ1v) is 8.94. The number of nitrogens with zero attached hydrogens (tertiary/aromatic N) is 2. The van der Waals surface area contributed by atoms with E-state index in [9.17, 15) is 9.59 Å². The van der Waals surface area contributed by atoms with E-state index in [2.05, 4.69) is 10.2 Å². The van der Waals surface area contributed by atoms with Crippen molar-refractivity contribution >= 4 is 17.7 Å². The summed E-state index contributed by atoms with van der Waals surface area (Å²) >= 11 is 0. The zero-order chi connectivity index (χ0) is 18.5. The van der Waals surface area contributed by atoms with Gasteiger partial charge in [0.15, 0.2) is 11.5 Å². The van der Waals surface area contributed by atoms with Crippen LogP contribution in [0.2, 0.25) is 0 Å². The lowest BCUT2D eigenvalue weighted by atomic mass is 10.2. The molecule has 2 aliphatic rings. The molecule has 1 aromatic carbocycles. The number of carbonyl (C=O) groups is 2. The van der Waals surface area contributed by atoms with E-state index in [4.69, 9.17) is 14.2 Å². The molecule has 26 heavy (non-hydrogen) atoms. The van der Waals surface area contributed by atoms with E-state index in [0.717, 1.165) is 0 Å². The van der Waals surface area contributed by atoms with Gasteiger partial charge < -0.3 is 24.4 Å². The highest BCUT2D eigenvalue weighted by Gasteiger charge is 2.28. The summed E-state index contributed by atoms with van der Waals surface area (Å²) in [5, 5.41) is 2.92. The monoisotopic (exact) mass is 363 g/mol. The SMILES string of the molecule is CCOC(=O)N1CCN([C@H](C)C(=O)Nc2ccc3c(c2)OCCO3)CC1. The van der Waals surface area contributed by atoms with Crippen molar-refractivity contribution in [2.45, 2.75) is 19.9 Å². The van der Waals surface area contributed by atoms with Crippen molar-refractivity contribution in [3.63, 3.8) is 0 Å². The molecular formula is C18H25N3O5. The molecule has 1 atom stereocenters. The Morgan fingerprint density at radius 3 is 2.54 bits per heavy atom. The summed E-state index contributed by atoms with van der Waals surface area (Å²) in [7, 11) is 0. The standard InChI is InChI=1S/C18H25N3O5/c1-3-24-18(23)21-8-6-20(7-9-21)13(2)17(22)19-14-4-5-15-16(12-14)26-11-10-25-15/h4-5,12-13H,3,6-11H2,1-2H3,(H,19,22)/t13-/m1/s1. The van der Waals surface area contributed by atoms with E-state index in [1.165, 1.54) is 0 Å². The Bertz CT molecular complexity index is 658. The number of carbonyl (C=O) groups excluding carboxylic acids is 2. The van der Waals surface area contributed by atoms with Gasteiger partial charge in [0.25, 0.3) is 0 Å². The van der Waals surface area contributed by atoms with Gasteiger partial charge in [0.1, 0.15) is 13.2 Å². The second-order valence-corrected chi connectivity index (χ2v) is 6.25. The van der Waals surface area contributed by atoms with Crippen LogP contribution in [0, 0.1) is 0 Å². The average Bonchev–Trinajstić information content (AvgIpc) is 2.67. The maximum atomic E-state index is 12.6. The predicted molar refractivity (Wildman–Crippen MR) is 95.7 cm³/mol. The quantitative estimate of drug-likeness (QED) is 0.874. The first-order valence-electron chi connectivity index (χ1n) is 8.94. The molecule has 0 aliphatic carbocycles. The Labute approximate surface area is 153 Å². The third-order valence-electron chi connectivity index (χ3n) is 4.58. The van der Waals surface area contributed by atoms with E-state index in [1.807, 2.05) is 6.92 Å². The van der Waals surface area contributed by atoms with E-state index >= 15 is 0 Å². The second kappa shape index (κ2) is 8.27. The number of fused-ring (bicyclic) bond motifs is 1. The van der Waals surface area contributed by atoms with Gasteiger partial charge in [-0.05, 0) is 26.0 Å². The van der Waals surface area contributed by atoms with Gasteiger partial charge >= 0.3 is 6.09 Å². The zero-order valence-corrected chi connectivity index (χ0v) is 15.2. The number of hydrogen-bond acceptors (Lipinski definition) is 6. The molecule has 8 heteroatoms. The van der Waals surface area contributed by atoms with Crippen molar-refractivity contribution in [1.29, 1.82) is 0 Å². The van der Waals surface area contributed by atoms with Crippen LogP contribution in [0.4, 0.5) is 10.5 Å². The second-order valence-electron chi connectivity index (χ2n) is 6.25. The van der Waals surface area contributed by atoms with Crippen molar-refractivity contribution in [2.75, 3.05) is 51.3 Å². The maximum Gasteiger partial charge on any atom is 0.409 e. The highest BCUT2D eigenvalue weighted by Crippen LogP contribution is 2.32. The number of anilines is 1. The summed E-state index contributed by atoms with van der Waals surface area (Å²) in [6.45, 7) is 7.45. The molecule has 0 bridgehead atoms. The maximum absolute atomic E-state index is 12.6. The molecule has 8 nitrogen and oxygen atoms in total. The van der Waals surface area contributed by atoms with Crippen LogP contribution in [0.15, 0.2) is 18.2 Å². The van der Waals surface area contributed by atoms with Crippen LogP contribution < -0.4 is 14.8 Å². The van der Waals surface area contributed by atoms with Gasteiger partial charge in [0.2, 0.25) is 5.91 Å². The molecule has 2 aliphatic heterocycles. The van der Waals surface area contributed by atoms with E-state index in [1.54, 1.807) is 30.0 Å². The number of hydrogen-bond donors (Lipinski definition) is 1. The van der Waals surface area contributed by atoms with Crippen molar-refractivity contribution in [3.05, 3.63) is 18.2 Å². The Morgan fingerprint density at radius 1 is 1.15 bits per heavy atom. The van der Waals surface area contributed by atoms with Gasteiger partial charge in [-0.1, -0.05) is 0 Å². The molecule has 0 spiro atoms. The van der Waals surface area contributed by atoms with Crippen LogP contribution in [-0.2, 0) is 9.53 Å². The number of rotatable bonds is 4. The minimum atomic E-state index is -0.299. The van der Waals surface area contributed by atoms with E-state index < -0.39 is 0 Å². The van der Waals surface area contributed by atoms with Crippen LogP contribution in [0.1, 0.15) is 13.8 Å². The number of nitrogens with one attached hydrogen (secondary N) is 1. The van der Waals surface area contributed by atoms with Crippen molar-refractivity contribution in [1.82, 2.24) is 9.80 Å². The average molecular weight is 363 g/mol. The smallest absolute Gasteiger partial charge is 0.409 e.